The summed E-state index contributed by atoms with van der Waals surface area (Å²) in [5.41, 5.74) is 9.90. The van der Waals surface area contributed by atoms with Crippen molar-refractivity contribution in [3.8, 4) is 0 Å². The first kappa shape index (κ1) is 28.9. The molecular weight excluding hydrogens is 500 g/mol. The zero-order valence-corrected chi connectivity index (χ0v) is 24.3. The Balaban J connectivity index is 1.97. The summed E-state index contributed by atoms with van der Waals surface area (Å²) in [7, 11) is 0. The molecule has 0 aromatic heterocycles. The first-order chi connectivity index (χ1) is 18.9. The van der Waals surface area contributed by atoms with Crippen molar-refractivity contribution >= 4 is 23.5 Å². The fourth-order valence-electron chi connectivity index (χ4n) is 5.85. The highest BCUT2D eigenvalue weighted by Gasteiger charge is 2.47. The van der Waals surface area contributed by atoms with E-state index in [9.17, 15) is 14.4 Å². The van der Waals surface area contributed by atoms with Gasteiger partial charge in [0.15, 0.2) is 0 Å². The van der Waals surface area contributed by atoms with Crippen molar-refractivity contribution in [2.24, 2.45) is 5.73 Å². The van der Waals surface area contributed by atoms with E-state index in [1.165, 1.54) is 11.8 Å². The second kappa shape index (κ2) is 11.5. The molecule has 3 atom stereocenters. The van der Waals surface area contributed by atoms with Crippen LogP contribution in [0.25, 0.3) is 0 Å². The molecule has 0 bridgehead atoms. The van der Waals surface area contributed by atoms with Gasteiger partial charge >= 0.3 is 6.03 Å². The van der Waals surface area contributed by atoms with Crippen molar-refractivity contribution in [3.63, 3.8) is 0 Å². The Kier molecular flexibility index (Phi) is 8.33. The number of urea groups is 1. The molecule has 4 rings (SSSR count). The van der Waals surface area contributed by atoms with Crippen molar-refractivity contribution in [2.45, 2.75) is 77.9 Å². The number of carbonyl (C=O) groups excluding carboxylic acids is 3. The number of benzene rings is 3. The summed E-state index contributed by atoms with van der Waals surface area (Å²) in [5.74, 6) is -0.683. The van der Waals surface area contributed by atoms with Crippen LogP contribution in [-0.4, -0.2) is 39.4 Å². The minimum Gasteiger partial charge on any atom is -0.351 e. The van der Waals surface area contributed by atoms with Crippen molar-refractivity contribution in [2.75, 3.05) is 4.90 Å². The summed E-state index contributed by atoms with van der Waals surface area (Å²) in [6.45, 7) is 11.2. The van der Waals surface area contributed by atoms with Gasteiger partial charge in [-0.2, -0.15) is 0 Å². The van der Waals surface area contributed by atoms with E-state index < -0.39 is 23.7 Å². The van der Waals surface area contributed by atoms with Crippen LogP contribution in [0, 0.1) is 13.8 Å². The van der Waals surface area contributed by atoms with E-state index in [0.717, 1.165) is 22.3 Å². The molecule has 210 valence electrons. The maximum atomic E-state index is 14.9. The maximum Gasteiger partial charge on any atom is 0.320 e. The van der Waals surface area contributed by atoms with Gasteiger partial charge in [-0.1, -0.05) is 72.3 Å². The Bertz CT molecular complexity index is 1360. The third-order valence-electron chi connectivity index (χ3n) is 7.53. The fraction of sp³-hybridized carbons (Fsp3) is 0.364. The Morgan fingerprint density at radius 2 is 1.50 bits per heavy atom. The Morgan fingerprint density at radius 3 is 2.05 bits per heavy atom. The highest BCUT2D eigenvalue weighted by Crippen LogP contribution is 2.43. The second-order valence-corrected chi connectivity index (χ2v) is 11.8. The molecule has 7 heteroatoms. The number of hydrogen-bond acceptors (Lipinski definition) is 3. The van der Waals surface area contributed by atoms with E-state index in [-0.39, 0.29) is 17.7 Å². The molecule has 3 aromatic carbocycles. The molecule has 0 radical (unpaired) electrons. The molecule has 1 aliphatic heterocycles. The molecular formula is C33H40N4O3. The summed E-state index contributed by atoms with van der Waals surface area (Å²) in [4.78, 5) is 42.6. The number of rotatable bonds is 5. The maximum absolute atomic E-state index is 14.9. The molecule has 0 spiro atoms. The van der Waals surface area contributed by atoms with Crippen LogP contribution in [0.15, 0.2) is 78.9 Å². The minimum absolute atomic E-state index is 0.0908. The molecule has 4 amide bonds. The predicted molar refractivity (Wildman–Crippen MR) is 158 cm³/mol. The summed E-state index contributed by atoms with van der Waals surface area (Å²) in [6, 6.07) is 23.5. The third kappa shape index (κ3) is 6.03. The van der Waals surface area contributed by atoms with Gasteiger partial charge in [0, 0.05) is 12.6 Å². The molecule has 0 aliphatic carbocycles. The van der Waals surface area contributed by atoms with Crippen LogP contribution < -0.4 is 10.6 Å². The SMILES string of the molecule is CC(=O)N(N1C(=O)[C@H](N(C(N)=O)c2cccc(C)c2)C[C@H](c2ccccc2)CC1c1ccc(C)cc1)C(C)(C)C. The summed E-state index contributed by atoms with van der Waals surface area (Å²) >= 11 is 0. The minimum atomic E-state index is -0.927. The molecule has 2 N–H and O–H groups in total. The van der Waals surface area contributed by atoms with Crippen molar-refractivity contribution in [3.05, 3.63) is 101 Å². The smallest absolute Gasteiger partial charge is 0.320 e. The molecule has 1 fully saturated rings. The van der Waals surface area contributed by atoms with Gasteiger partial charge in [0.25, 0.3) is 5.91 Å². The number of aryl methyl sites for hydroxylation is 2. The third-order valence-corrected chi connectivity index (χ3v) is 7.53. The lowest BCUT2D eigenvalue weighted by molar-refractivity contribution is -0.181. The fourth-order valence-corrected chi connectivity index (χ4v) is 5.85. The Morgan fingerprint density at radius 1 is 0.850 bits per heavy atom. The monoisotopic (exact) mass is 540 g/mol. The Labute approximate surface area is 237 Å². The first-order valence-electron chi connectivity index (χ1n) is 13.8. The highest BCUT2D eigenvalue weighted by molar-refractivity contribution is 6.00. The summed E-state index contributed by atoms with van der Waals surface area (Å²) < 4.78 is 0. The number of amides is 4. The average molecular weight is 541 g/mol. The molecule has 1 heterocycles. The van der Waals surface area contributed by atoms with Gasteiger partial charge in [0.05, 0.1) is 11.6 Å². The molecule has 1 saturated heterocycles. The first-order valence-corrected chi connectivity index (χ1v) is 13.8. The zero-order valence-electron chi connectivity index (χ0n) is 24.3. The van der Waals surface area contributed by atoms with Crippen molar-refractivity contribution in [1.29, 1.82) is 0 Å². The van der Waals surface area contributed by atoms with E-state index in [2.05, 4.69) is 12.1 Å². The lowest BCUT2D eigenvalue weighted by atomic mass is 9.86. The number of hydrogen-bond donors (Lipinski definition) is 1. The summed E-state index contributed by atoms with van der Waals surface area (Å²) in [5, 5.41) is 3.15. The van der Waals surface area contributed by atoms with E-state index in [1.807, 2.05) is 95.3 Å². The number of hydrazine groups is 1. The van der Waals surface area contributed by atoms with Gasteiger partial charge in [-0.3, -0.25) is 14.5 Å². The van der Waals surface area contributed by atoms with Gasteiger partial charge in [-0.05, 0) is 82.2 Å². The van der Waals surface area contributed by atoms with E-state index in [4.69, 9.17) is 5.73 Å². The quantitative estimate of drug-likeness (QED) is 0.414. The molecule has 0 saturated carbocycles. The predicted octanol–water partition coefficient (Wildman–Crippen LogP) is 6.27. The molecule has 1 unspecified atom stereocenters. The van der Waals surface area contributed by atoms with Crippen molar-refractivity contribution in [1.82, 2.24) is 10.0 Å². The van der Waals surface area contributed by atoms with Crippen LogP contribution in [0.1, 0.15) is 74.8 Å². The van der Waals surface area contributed by atoms with Gasteiger partial charge in [-0.25, -0.2) is 14.8 Å². The lowest BCUT2D eigenvalue weighted by Crippen LogP contribution is -2.62. The number of nitrogens with two attached hydrogens (primary N) is 1. The highest BCUT2D eigenvalue weighted by atomic mass is 16.2. The second-order valence-electron chi connectivity index (χ2n) is 11.8. The van der Waals surface area contributed by atoms with Crippen LogP contribution in [0.2, 0.25) is 0 Å². The topological polar surface area (TPSA) is 87.0 Å². The molecule has 3 aromatic rings. The normalized spacial score (nSPS) is 19.6. The standard InChI is InChI=1S/C33H40N4O3/c1-22-15-17-26(18-16-22)29-20-27(25-12-8-7-9-13-25)21-30(31(39)36(29)37(24(3)38)33(4,5)6)35(32(34)40)28-14-10-11-23(2)19-28/h7-19,27,29-30H,20-21H2,1-6H3,(H2,34,40)/t27-,29?,30-/m1/s1. The van der Waals surface area contributed by atoms with Gasteiger partial charge < -0.3 is 5.73 Å². The van der Waals surface area contributed by atoms with E-state index in [1.54, 1.807) is 16.1 Å². The van der Waals surface area contributed by atoms with Crippen LogP contribution in [0.3, 0.4) is 0 Å². The number of carbonyl (C=O) groups is 3. The van der Waals surface area contributed by atoms with Gasteiger partial charge in [0.2, 0.25) is 5.91 Å². The zero-order chi connectivity index (χ0) is 29.2. The van der Waals surface area contributed by atoms with E-state index >= 15 is 0 Å². The largest absolute Gasteiger partial charge is 0.351 e. The number of anilines is 1. The van der Waals surface area contributed by atoms with Crippen LogP contribution >= 0.6 is 0 Å². The lowest BCUT2D eigenvalue weighted by Gasteiger charge is -2.47. The summed E-state index contributed by atoms with van der Waals surface area (Å²) in [6.07, 6.45) is 0.921. The number of primary amides is 1. The molecule has 1 aliphatic rings. The van der Waals surface area contributed by atoms with Crippen molar-refractivity contribution < 1.29 is 14.4 Å². The Hall–Kier alpha value is -4.13. The van der Waals surface area contributed by atoms with E-state index in [0.29, 0.717) is 18.5 Å². The molecule has 7 nitrogen and oxygen atoms in total. The van der Waals surface area contributed by atoms with Crippen LogP contribution in [0.4, 0.5) is 10.5 Å². The molecule has 40 heavy (non-hydrogen) atoms. The van der Waals surface area contributed by atoms with Gasteiger partial charge in [0.1, 0.15) is 6.04 Å². The van der Waals surface area contributed by atoms with Gasteiger partial charge in [-0.15, -0.1) is 0 Å². The average Bonchev–Trinajstić information content (AvgIpc) is 3.02. The number of nitrogens with zero attached hydrogens (tertiary/aromatic N) is 3. The van der Waals surface area contributed by atoms with Crippen LogP contribution in [-0.2, 0) is 9.59 Å². The van der Waals surface area contributed by atoms with Crippen LogP contribution in [0.5, 0.6) is 0 Å².